The lowest BCUT2D eigenvalue weighted by atomic mass is 9.98. The largest absolute Gasteiger partial charge is 0.494 e. The van der Waals surface area contributed by atoms with Crippen molar-refractivity contribution in [2.45, 2.75) is 52.0 Å². The first-order chi connectivity index (χ1) is 12.7. The quantitative estimate of drug-likeness (QED) is 0.639. The lowest BCUT2D eigenvalue weighted by Crippen LogP contribution is -2.24. The minimum atomic E-state index is -0.822. The number of carboxylic acid groups (broad SMARTS) is 1. The predicted molar refractivity (Wildman–Crippen MR) is 105 cm³/mol. The Bertz CT molecular complexity index is 763. The van der Waals surface area contributed by atoms with Crippen molar-refractivity contribution in [3.8, 4) is 5.75 Å². The summed E-state index contributed by atoms with van der Waals surface area (Å²) in [5.74, 6) is -0.195. The molecule has 0 saturated carbocycles. The maximum absolute atomic E-state index is 12.1. The number of hydrogen-bond acceptors (Lipinski definition) is 5. The molecule has 2 rings (SSSR count). The summed E-state index contributed by atoms with van der Waals surface area (Å²) in [6.07, 6.45) is 0.846. The third kappa shape index (κ3) is 7.38. The minimum absolute atomic E-state index is 0.00314. The summed E-state index contributed by atoms with van der Waals surface area (Å²) < 4.78 is 5.49. The monoisotopic (exact) mass is 390 g/mol. The molecule has 2 N–H and O–H groups in total. The van der Waals surface area contributed by atoms with Crippen molar-refractivity contribution in [1.82, 2.24) is 10.3 Å². The summed E-state index contributed by atoms with van der Waals surface area (Å²) in [6.45, 7) is 7.13. The van der Waals surface area contributed by atoms with Gasteiger partial charge in [0, 0.05) is 23.8 Å². The molecule has 0 spiro atoms. The molecule has 2 aromatic rings. The molecule has 0 radical (unpaired) electrons. The Hall–Kier alpha value is -2.41. The number of ether oxygens (including phenoxy) is 1. The van der Waals surface area contributed by atoms with Gasteiger partial charge in [0.1, 0.15) is 5.75 Å². The van der Waals surface area contributed by atoms with Crippen molar-refractivity contribution in [3.05, 3.63) is 45.9 Å². The van der Waals surface area contributed by atoms with Gasteiger partial charge in [0.05, 0.1) is 23.7 Å². The van der Waals surface area contributed by atoms with E-state index in [1.165, 1.54) is 0 Å². The number of nitrogens with zero attached hydrogens (tertiary/aromatic N) is 1. The van der Waals surface area contributed by atoms with E-state index in [1.807, 2.05) is 29.6 Å². The predicted octanol–water partition coefficient (Wildman–Crippen LogP) is 3.54. The van der Waals surface area contributed by atoms with Crippen LogP contribution in [-0.2, 0) is 28.0 Å². The van der Waals surface area contributed by atoms with Gasteiger partial charge in [0.2, 0.25) is 5.91 Å². The van der Waals surface area contributed by atoms with E-state index < -0.39 is 5.97 Å². The highest BCUT2D eigenvalue weighted by molar-refractivity contribution is 7.09. The molecule has 1 aromatic carbocycles. The highest BCUT2D eigenvalue weighted by Crippen LogP contribution is 2.25. The van der Waals surface area contributed by atoms with Gasteiger partial charge < -0.3 is 15.2 Å². The molecule has 0 bridgehead atoms. The zero-order valence-electron chi connectivity index (χ0n) is 15.9. The van der Waals surface area contributed by atoms with E-state index in [-0.39, 0.29) is 24.2 Å². The number of benzene rings is 1. The van der Waals surface area contributed by atoms with Crippen LogP contribution in [0, 0.1) is 0 Å². The smallest absolute Gasteiger partial charge is 0.303 e. The van der Waals surface area contributed by atoms with E-state index in [9.17, 15) is 9.59 Å². The number of aromatic nitrogens is 1. The van der Waals surface area contributed by atoms with E-state index in [0.29, 0.717) is 25.3 Å². The molecule has 0 unspecified atom stereocenters. The molecule has 0 fully saturated rings. The Morgan fingerprint density at radius 1 is 1.22 bits per heavy atom. The van der Waals surface area contributed by atoms with Gasteiger partial charge in [-0.1, -0.05) is 32.9 Å². The van der Waals surface area contributed by atoms with Gasteiger partial charge >= 0.3 is 5.97 Å². The Morgan fingerprint density at radius 3 is 2.52 bits per heavy atom. The highest BCUT2D eigenvalue weighted by Gasteiger charge is 2.18. The summed E-state index contributed by atoms with van der Waals surface area (Å²) in [5, 5.41) is 14.5. The molecule has 1 heterocycles. The van der Waals surface area contributed by atoms with Crippen LogP contribution in [0.3, 0.4) is 0 Å². The van der Waals surface area contributed by atoms with Crippen LogP contribution >= 0.6 is 11.3 Å². The van der Waals surface area contributed by atoms with Gasteiger partial charge in [-0.3, -0.25) is 9.59 Å². The number of hydrogen-bond donors (Lipinski definition) is 2. The first-order valence-corrected chi connectivity index (χ1v) is 9.77. The highest BCUT2D eigenvalue weighted by atomic mass is 32.1. The molecular formula is C20H26N2O4S. The summed E-state index contributed by atoms with van der Waals surface area (Å²) in [4.78, 5) is 27.1. The van der Waals surface area contributed by atoms with Crippen molar-refractivity contribution < 1.29 is 19.4 Å². The standard InChI is InChI=1S/C20H26N2O4S/c1-20(2,3)19-22-15(13-27-19)11-17(23)21-12-14-6-8-16(9-7-14)26-10-4-5-18(24)25/h6-9,13H,4-5,10-12H2,1-3H3,(H,21,23)(H,24,25). The number of amides is 1. The molecule has 0 saturated heterocycles. The van der Waals surface area contributed by atoms with Crippen LogP contribution in [-0.4, -0.2) is 28.6 Å². The fourth-order valence-electron chi connectivity index (χ4n) is 2.28. The van der Waals surface area contributed by atoms with E-state index >= 15 is 0 Å². The molecule has 0 aliphatic carbocycles. The molecule has 1 amide bonds. The number of carbonyl (C=O) groups excluding carboxylic acids is 1. The summed E-state index contributed by atoms with van der Waals surface area (Å²) in [7, 11) is 0. The van der Waals surface area contributed by atoms with Crippen molar-refractivity contribution in [2.75, 3.05) is 6.61 Å². The Morgan fingerprint density at radius 2 is 1.93 bits per heavy atom. The van der Waals surface area contributed by atoms with E-state index in [2.05, 4.69) is 31.1 Å². The number of aliphatic carboxylic acids is 1. The zero-order chi connectivity index (χ0) is 19.9. The Labute approximate surface area is 163 Å². The molecule has 0 aliphatic rings. The van der Waals surface area contributed by atoms with Gasteiger partial charge in [-0.15, -0.1) is 11.3 Å². The summed E-state index contributed by atoms with van der Waals surface area (Å²) in [6, 6.07) is 7.40. The van der Waals surface area contributed by atoms with E-state index in [4.69, 9.17) is 9.84 Å². The van der Waals surface area contributed by atoms with Crippen molar-refractivity contribution in [2.24, 2.45) is 0 Å². The lowest BCUT2D eigenvalue weighted by molar-refractivity contribution is -0.137. The Kier molecular flexibility index (Phi) is 7.36. The van der Waals surface area contributed by atoms with Crippen molar-refractivity contribution in [3.63, 3.8) is 0 Å². The molecule has 146 valence electrons. The van der Waals surface area contributed by atoms with Crippen molar-refractivity contribution in [1.29, 1.82) is 0 Å². The van der Waals surface area contributed by atoms with Crippen LogP contribution in [0.25, 0.3) is 0 Å². The molecular weight excluding hydrogens is 364 g/mol. The number of thiazole rings is 1. The van der Waals surface area contributed by atoms with Gasteiger partial charge in [-0.25, -0.2) is 4.98 Å². The third-order valence-corrected chi connectivity index (χ3v) is 5.07. The van der Waals surface area contributed by atoms with Gasteiger partial charge in [-0.2, -0.15) is 0 Å². The zero-order valence-corrected chi connectivity index (χ0v) is 16.8. The lowest BCUT2D eigenvalue weighted by Gasteiger charge is -2.13. The number of rotatable bonds is 9. The molecule has 27 heavy (non-hydrogen) atoms. The first kappa shape index (κ1) is 20.9. The fourth-order valence-corrected chi connectivity index (χ4v) is 3.18. The maximum atomic E-state index is 12.1. The SMILES string of the molecule is CC(C)(C)c1nc(CC(=O)NCc2ccc(OCCCC(=O)O)cc2)cs1. The molecule has 6 nitrogen and oxygen atoms in total. The second-order valence-corrected chi connectivity index (χ2v) is 8.20. The van der Waals surface area contributed by atoms with Crippen LogP contribution in [0.15, 0.2) is 29.6 Å². The van der Waals surface area contributed by atoms with Gasteiger partial charge in [0.25, 0.3) is 0 Å². The summed E-state index contributed by atoms with van der Waals surface area (Å²) >= 11 is 1.59. The second-order valence-electron chi connectivity index (χ2n) is 7.34. The number of carbonyl (C=O) groups is 2. The number of nitrogens with one attached hydrogen (secondary N) is 1. The minimum Gasteiger partial charge on any atom is -0.494 e. The van der Waals surface area contributed by atoms with Crippen molar-refractivity contribution >= 4 is 23.2 Å². The second kappa shape index (κ2) is 9.50. The fraction of sp³-hybridized carbons (Fsp3) is 0.450. The average Bonchev–Trinajstić information content (AvgIpc) is 3.06. The van der Waals surface area contributed by atoms with Gasteiger partial charge in [0.15, 0.2) is 0 Å². The Balaban J connectivity index is 1.75. The third-order valence-electron chi connectivity index (χ3n) is 3.75. The average molecular weight is 391 g/mol. The van der Waals surface area contributed by atoms with Crippen LogP contribution in [0.5, 0.6) is 5.75 Å². The van der Waals surface area contributed by atoms with Crippen LogP contribution in [0.2, 0.25) is 0 Å². The first-order valence-electron chi connectivity index (χ1n) is 8.89. The molecule has 1 aromatic heterocycles. The van der Waals surface area contributed by atoms with Gasteiger partial charge in [-0.05, 0) is 24.1 Å². The van der Waals surface area contributed by atoms with E-state index in [0.717, 1.165) is 16.3 Å². The maximum Gasteiger partial charge on any atom is 0.303 e. The summed E-state index contributed by atoms with van der Waals surface area (Å²) in [5.41, 5.74) is 1.76. The van der Waals surface area contributed by atoms with Crippen LogP contribution in [0.1, 0.15) is 49.9 Å². The molecule has 7 heteroatoms. The number of carboxylic acids is 1. The molecule has 0 aliphatic heterocycles. The topological polar surface area (TPSA) is 88.5 Å². The molecule has 0 atom stereocenters. The normalized spacial score (nSPS) is 11.2. The van der Waals surface area contributed by atoms with E-state index in [1.54, 1.807) is 11.3 Å². The van der Waals surface area contributed by atoms with Crippen LogP contribution < -0.4 is 10.1 Å². The van der Waals surface area contributed by atoms with Crippen LogP contribution in [0.4, 0.5) is 0 Å².